The molecule has 0 aromatic heterocycles. The Bertz CT molecular complexity index is 344. The lowest BCUT2D eigenvalue weighted by Crippen LogP contribution is -1.93. The van der Waals surface area contributed by atoms with E-state index in [9.17, 15) is 8.78 Å². The SMILES string of the molecule is N#Cc1c(F)cc(F)cc1CCl. The highest BCUT2D eigenvalue weighted by atomic mass is 35.5. The third kappa shape index (κ3) is 1.54. The molecule has 0 saturated carbocycles. The number of alkyl halides is 1. The average molecular weight is 188 g/mol. The third-order valence-electron chi connectivity index (χ3n) is 1.39. The van der Waals surface area contributed by atoms with Crippen LogP contribution in [0, 0.1) is 23.0 Å². The van der Waals surface area contributed by atoms with Crippen LogP contribution in [0.2, 0.25) is 0 Å². The number of hydrogen-bond donors (Lipinski definition) is 0. The minimum atomic E-state index is -0.867. The van der Waals surface area contributed by atoms with Gasteiger partial charge in [-0.15, -0.1) is 11.6 Å². The van der Waals surface area contributed by atoms with Gasteiger partial charge in [-0.2, -0.15) is 5.26 Å². The Morgan fingerprint density at radius 1 is 1.42 bits per heavy atom. The van der Waals surface area contributed by atoms with Gasteiger partial charge in [0.2, 0.25) is 0 Å². The fraction of sp³-hybridized carbons (Fsp3) is 0.125. The molecule has 1 aromatic rings. The molecule has 0 aliphatic heterocycles. The molecule has 0 aliphatic rings. The van der Waals surface area contributed by atoms with E-state index in [2.05, 4.69) is 0 Å². The number of nitrogens with zero attached hydrogens (tertiary/aromatic N) is 1. The summed E-state index contributed by atoms with van der Waals surface area (Å²) in [6, 6.07) is 3.33. The Labute approximate surface area is 73.2 Å². The summed E-state index contributed by atoms with van der Waals surface area (Å²) in [7, 11) is 0. The van der Waals surface area contributed by atoms with Gasteiger partial charge in [0.05, 0.1) is 5.56 Å². The molecule has 0 spiro atoms. The summed E-state index contributed by atoms with van der Waals surface area (Å²) in [6.07, 6.45) is 0. The van der Waals surface area contributed by atoms with Gasteiger partial charge >= 0.3 is 0 Å². The predicted octanol–water partition coefficient (Wildman–Crippen LogP) is 2.58. The van der Waals surface area contributed by atoms with Crippen molar-refractivity contribution < 1.29 is 8.78 Å². The maximum Gasteiger partial charge on any atom is 0.144 e. The quantitative estimate of drug-likeness (QED) is 0.620. The highest BCUT2D eigenvalue weighted by molar-refractivity contribution is 6.17. The van der Waals surface area contributed by atoms with Gasteiger partial charge in [-0.3, -0.25) is 0 Å². The number of benzene rings is 1. The lowest BCUT2D eigenvalue weighted by molar-refractivity contribution is 0.578. The van der Waals surface area contributed by atoms with E-state index in [1.54, 1.807) is 6.07 Å². The molecule has 0 atom stereocenters. The summed E-state index contributed by atoms with van der Waals surface area (Å²) < 4.78 is 25.3. The van der Waals surface area contributed by atoms with Crippen LogP contribution in [0.5, 0.6) is 0 Å². The average Bonchev–Trinajstić information content (AvgIpc) is 2.03. The third-order valence-corrected chi connectivity index (χ3v) is 1.68. The topological polar surface area (TPSA) is 23.8 Å². The number of nitriles is 1. The Hall–Kier alpha value is -1.14. The largest absolute Gasteiger partial charge is 0.207 e. The van der Waals surface area contributed by atoms with Crippen molar-refractivity contribution in [3.63, 3.8) is 0 Å². The van der Waals surface area contributed by atoms with E-state index in [0.29, 0.717) is 6.07 Å². The van der Waals surface area contributed by atoms with Crippen LogP contribution < -0.4 is 0 Å². The molecule has 4 heteroatoms. The van der Waals surface area contributed by atoms with Crippen LogP contribution in [0.4, 0.5) is 8.78 Å². The minimum Gasteiger partial charge on any atom is -0.207 e. The van der Waals surface area contributed by atoms with Gasteiger partial charge in [0, 0.05) is 11.9 Å². The molecule has 0 saturated heterocycles. The first-order chi connectivity index (χ1) is 5.69. The van der Waals surface area contributed by atoms with Crippen LogP contribution >= 0.6 is 11.6 Å². The van der Waals surface area contributed by atoms with Crippen molar-refractivity contribution in [1.29, 1.82) is 5.26 Å². The highest BCUT2D eigenvalue weighted by Gasteiger charge is 2.09. The molecular weight excluding hydrogens is 184 g/mol. The summed E-state index contributed by atoms with van der Waals surface area (Å²) in [5.74, 6) is -1.66. The van der Waals surface area contributed by atoms with Crippen LogP contribution in [-0.2, 0) is 5.88 Å². The molecule has 0 bridgehead atoms. The van der Waals surface area contributed by atoms with Crippen molar-refractivity contribution in [2.24, 2.45) is 0 Å². The Kier molecular flexibility index (Phi) is 2.61. The molecule has 1 nitrogen and oxygen atoms in total. The van der Waals surface area contributed by atoms with Crippen LogP contribution in [0.1, 0.15) is 11.1 Å². The van der Waals surface area contributed by atoms with Crippen LogP contribution in [0.3, 0.4) is 0 Å². The molecule has 0 heterocycles. The Morgan fingerprint density at radius 3 is 2.58 bits per heavy atom. The van der Waals surface area contributed by atoms with Gasteiger partial charge in [0.15, 0.2) is 0 Å². The van der Waals surface area contributed by atoms with E-state index in [1.807, 2.05) is 0 Å². The first kappa shape index (κ1) is 8.95. The monoisotopic (exact) mass is 187 g/mol. The molecule has 0 amide bonds. The zero-order valence-corrected chi connectivity index (χ0v) is 6.70. The van der Waals surface area contributed by atoms with Crippen molar-refractivity contribution in [2.75, 3.05) is 0 Å². The van der Waals surface area contributed by atoms with Crippen LogP contribution in [0.25, 0.3) is 0 Å². The predicted molar refractivity (Wildman–Crippen MR) is 40.6 cm³/mol. The summed E-state index contributed by atoms with van der Waals surface area (Å²) >= 11 is 5.37. The van der Waals surface area contributed by atoms with Gasteiger partial charge in [0.1, 0.15) is 17.7 Å². The molecule has 0 fully saturated rings. The fourth-order valence-corrected chi connectivity index (χ4v) is 1.07. The summed E-state index contributed by atoms with van der Waals surface area (Å²) in [6.45, 7) is 0. The van der Waals surface area contributed by atoms with Crippen molar-refractivity contribution in [2.45, 2.75) is 5.88 Å². The first-order valence-corrected chi connectivity index (χ1v) is 3.66. The van der Waals surface area contributed by atoms with E-state index in [1.165, 1.54) is 0 Å². The van der Waals surface area contributed by atoms with Crippen molar-refractivity contribution in [3.05, 3.63) is 34.9 Å². The normalized spacial score (nSPS) is 9.50. The zero-order chi connectivity index (χ0) is 9.14. The maximum absolute atomic E-state index is 12.8. The van der Waals surface area contributed by atoms with Crippen molar-refractivity contribution in [3.8, 4) is 6.07 Å². The minimum absolute atomic E-state index is 0.0719. The summed E-state index contributed by atoms with van der Waals surface area (Å²) in [4.78, 5) is 0. The molecule has 1 rings (SSSR count). The molecule has 0 unspecified atom stereocenters. The summed E-state index contributed by atoms with van der Waals surface area (Å²) in [5, 5.41) is 8.45. The lowest BCUT2D eigenvalue weighted by Gasteiger charge is -1.99. The van der Waals surface area contributed by atoms with Crippen LogP contribution in [0.15, 0.2) is 12.1 Å². The molecular formula is C8H4ClF2N. The molecule has 12 heavy (non-hydrogen) atoms. The molecule has 0 radical (unpaired) electrons. The van der Waals surface area contributed by atoms with E-state index < -0.39 is 11.6 Å². The second-order valence-electron chi connectivity index (χ2n) is 2.17. The molecule has 62 valence electrons. The van der Waals surface area contributed by atoms with Gasteiger partial charge in [-0.05, 0) is 11.6 Å². The second kappa shape index (κ2) is 3.51. The highest BCUT2D eigenvalue weighted by Crippen LogP contribution is 2.16. The van der Waals surface area contributed by atoms with E-state index >= 15 is 0 Å². The second-order valence-corrected chi connectivity index (χ2v) is 2.43. The standard InChI is InChI=1S/C8H4ClF2N/c9-3-5-1-6(10)2-8(11)7(5)4-12/h1-2H,3H2. The molecule has 0 aliphatic carbocycles. The van der Waals surface area contributed by atoms with Crippen molar-refractivity contribution in [1.82, 2.24) is 0 Å². The maximum atomic E-state index is 12.8. The zero-order valence-electron chi connectivity index (χ0n) is 5.94. The number of halogens is 3. The number of rotatable bonds is 1. The van der Waals surface area contributed by atoms with Gasteiger partial charge in [-0.1, -0.05) is 0 Å². The first-order valence-electron chi connectivity index (χ1n) is 3.13. The van der Waals surface area contributed by atoms with Gasteiger partial charge < -0.3 is 0 Å². The lowest BCUT2D eigenvalue weighted by atomic mass is 10.1. The van der Waals surface area contributed by atoms with Crippen molar-refractivity contribution >= 4 is 11.6 Å². The van der Waals surface area contributed by atoms with E-state index in [4.69, 9.17) is 16.9 Å². The summed E-state index contributed by atoms with van der Waals surface area (Å²) in [5.41, 5.74) is -0.0110. The molecule has 0 N–H and O–H groups in total. The smallest absolute Gasteiger partial charge is 0.144 e. The van der Waals surface area contributed by atoms with Crippen LogP contribution in [-0.4, -0.2) is 0 Å². The Morgan fingerprint density at radius 2 is 2.08 bits per heavy atom. The van der Waals surface area contributed by atoms with Gasteiger partial charge in [-0.25, -0.2) is 8.78 Å². The number of hydrogen-bond acceptors (Lipinski definition) is 1. The van der Waals surface area contributed by atoms with E-state index in [0.717, 1.165) is 6.07 Å². The molecule has 1 aromatic carbocycles. The van der Waals surface area contributed by atoms with Gasteiger partial charge in [0.25, 0.3) is 0 Å². The fourth-order valence-electron chi connectivity index (χ4n) is 0.857. The van der Waals surface area contributed by atoms with E-state index in [-0.39, 0.29) is 17.0 Å². The Balaban J connectivity index is 3.36.